The number of nitrogens with two attached hydrogens (primary N) is 1. The first-order chi connectivity index (χ1) is 9.02. The number of anilines is 1. The lowest BCUT2D eigenvalue weighted by Crippen LogP contribution is -2.56. The van der Waals surface area contributed by atoms with Crippen LogP contribution in [0, 0.1) is 0 Å². The van der Waals surface area contributed by atoms with Gasteiger partial charge in [-0.05, 0) is 18.6 Å². The molecule has 1 aromatic heterocycles. The molecule has 1 fully saturated rings. The van der Waals surface area contributed by atoms with Gasteiger partial charge >= 0.3 is 0 Å². The van der Waals surface area contributed by atoms with Gasteiger partial charge in [-0.1, -0.05) is 18.5 Å². The van der Waals surface area contributed by atoms with E-state index in [2.05, 4.69) is 10.3 Å². The van der Waals surface area contributed by atoms with Gasteiger partial charge in [-0.2, -0.15) is 0 Å². The van der Waals surface area contributed by atoms with Crippen LogP contribution in [-0.4, -0.2) is 40.8 Å². The van der Waals surface area contributed by atoms with Gasteiger partial charge in [-0.15, -0.1) is 0 Å². The Morgan fingerprint density at radius 3 is 3.00 bits per heavy atom. The molecule has 102 valence electrons. The van der Waals surface area contributed by atoms with Crippen LogP contribution < -0.4 is 11.1 Å². The second kappa shape index (κ2) is 5.44. The molecular weight excluding hydrogens is 268 g/mol. The zero-order valence-corrected chi connectivity index (χ0v) is 11.3. The molecule has 19 heavy (non-hydrogen) atoms. The number of hydrogen-bond acceptors (Lipinski definition) is 4. The summed E-state index contributed by atoms with van der Waals surface area (Å²) in [6, 6.07) is 2.47. The Bertz CT molecular complexity index is 500. The number of nitrogen functional groups attached to an aromatic ring is 1. The molecule has 0 saturated carbocycles. The van der Waals surface area contributed by atoms with Gasteiger partial charge in [0.05, 0.1) is 0 Å². The van der Waals surface area contributed by atoms with Crippen LogP contribution in [0.3, 0.4) is 0 Å². The number of carbonyl (C=O) groups is 2. The quantitative estimate of drug-likeness (QED) is 0.780. The predicted octanol–water partition coefficient (Wildman–Crippen LogP) is 0.668. The highest BCUT2D eigenvalue weighted by atomic mass is 35.5. The average Bonchev–Trinajstić information content (AvgIpc) is 2.36. The molecule has 2 amide bonds. The van der Waals surface area contributed by atoms with Crippen molar-refractivity contribution in [2.75, 3.05) is 18.8 Å². The van der Waals surface area contributed by atoms with Crippen LogP contribution in [0.15, 0.2) is 12.1 Å². The normalized spacial score (nSPS) is 19.2. The van der Waals surface area contributed by atoms with Gasteiger partial charge in [0, 0.05) is 18.7 Å². The molecular formula is C12H15ClN4O2. The van der Waals surface area contributed by atoms with E-state index in [1.165, 1.54) is 12.1 Å². The molecule has 0 spiro atoms. The number of rotatable bonds is 2. The van der Waals surface area contributed by atoms with Gasteiger partial charge in [-0.25, -0.2) is 4.98 Å². The third kappa shape index (κ3) is 2.78. The molecule has 1 unspecified atom stereocenters. The summed E-state index contributed by atoms with van der Waals surface area (Å²) in [5.74, 6) is -0.196. The number of piperazine rings is 1. The smallest absolute Gasteiger partial charge is 0.254 e. The monoisotopic (exact) mass is 282 g/mol. The Labute approximate surface area is 115 Å². The summed E-state index contributed by atoms with van der Waals surface area (Å²) >= 11 is 5.79. The van der Waals surface area contributed by atoms with Crippen LogP contribution in [-0.2, 0) is 4.79 Å². The molecule has 0 bridgehead atoms. The molecule has 1 aliphatic heterocycles. The fraction of sp³-hybridized carbons (Fsp3) is 0.417. The minimum absolute atomic E-state index is 0.129. The van der Waals surface area contributed by atoms with Crippen LogP contribution in [0.2, 0.25) is 5.15 Å². The lowest BCUT2D eigenvalue weighted by Gasteiger charge is -2.34. The Balaban J connectivity index is 2.29. The highest BCUT2D eigenvalue weighted by Gasteiger charge is 2.32. The molecule has 0 radical (unpaired) electrons. The van der Waals surface area contributed by atoms with E-state index in [9.17, 15) is 9.59 Å². The third-order valence-corrected chi connectivity index (χ3v) is 3.23. The summed E-state index contributed by atoms with van der Waals surface area (Å²) < 4.78 is 0. The zero-order chi connectivity index (χ0) is 14.0. The largest absolute Gasteiger partial charge is 0.384 e. The first-order valence-corrected chi connectivity index (χ1v) is 6.42. The Morgan fingerprint density at radius 1 is 1.63 bits per heavy atom. The molecule has 1 aliphatic rings. The summed E-state index contributed by atoms with van der Waals surface area (Å²) in [5, 5.41) is 2.91. The van der Waals surface area contributed by atoms with Crippen LogP contribution in [0.4, 0.5) is 5.82 Å². The van der Waals surface area contributed by atoms with Crippen molar-refractivity contribution in [1.82, 2.24) is 15.2 Å². The number of pyridine rings is 1. The Hall–Kier alpha value is -1.82. The topological polar surface area (TPSA) is 88.3 Å². The Kier molecular flexibility index (Phi) is 3.90. The number of halogens is 1. The molecule has 0 aliphatic carbocycles. The second-order valence-electron chi connectivity index (χ2n) is 4.32. The maximum absolute atomic E-state index is 12.4. The lowest BCUT2D eigenvalue weighted by atomic mass is 10.1. The molecule has 7 heteroatoms. The minimum Gasteiger partial charge on any atom is -0.384 e. The van der Waals surface area contributed by atoms with Gasteiger partial charge in [-0.3, -0.25) is 9.59 Å². The SMILES string of the molecule is CCC1C(=O)NCCN1C(=O)c1cc(N)nc(Cl)c1. The maximum atomic E-state index is 12.4. The predicted molar refractivity (Wildman–Crippen MR) is 71.8 cm³/mol. The van der Waals surface area contributed by atoms with Gasteiger partial charge in [0.2, 0.25) is 5.91 Å². The van der Waals surface area contributed by atoms with Crippen LogP contribution in [0.5, 0.6) is 0 Å². The average molecular weight is 283 g/mol. The first kappa shape index (κ1) is 13.6. The van der Waals surface area contributed by atoms with Crippen LogP contribution in [0.25, 0.3) is 0 Å². The van der Waals surface area contributed by atoms with Gasteiger partial charge in [0.25, 0.3) is 5.91 Å². The number of aromatic nitrogens is 1. The van der Waals surface area contributed by atoms with Crippen molar-refractivity contribution in [3.05, 3.63) is 22.8 Å². The van der Waals surface area contributed by atoms with E-state index in [0.717, 1.165) is 0 Å². The van der Waals surface area contributed by atoms with E-state index in [1.807, 2.05) is 6.92 Å². The molecule has 2 rings (SSSR count). The minimum atomic E-state index is -0.450. The number of hydrogen-bond donors (Lipinski definition) is 2. The van der Waals surface area contributed by atoms with Gasteiger partial charge in [0.15, 0.2) is 0 Å². The molecule has 2 heterocycles. The second-order valence-corrected chi connectivity index (χ2v) is 4.70. The number of nitrogens with zero attached hydrogens (tertiary/aromatic N) is 2. The van der Waals surface area contributed by atoms with E-state index in [1.54, 1.807) is 4.90 Å². The molecule has 1 saturated heterocycles. The number of amides is 2. The van der Waals surface area contributed by atoms with Crippen molar-refractivity contribution >= 4 is 29.2 Å². The standard InChI is InChI=1S/C12H15ClN4O2/c1-2-8-11(18)15-3-4-17(8)12(19)7-5-9(13)16-10(14)6-7/h5-6,8H,2-4H2,1H3,(H2,14,16)(H,15,18). The summed E-state index contributed by atoms with van der Waals surface area (Å²) in [6.07, 6.45) is 0.561. The van der Waals surface area contributed by atoms with E-state index in [4.69, 9.17) is 17.3 Å². The first-order valence-electron chi connectivity index (χ1n) is 6.04. The van der Waals surface area contributed by atoms with Crippen molar-refractivity contribution in [2.45, 2.75) is 19.4 Å². The van der Waals surface area contributed by atoms with E-state index in [-0.39, 0.29) is 22.8 Å². The highest BCUT2D eigenvalue weighted by molar-refractivity contribution is 6.29. The van der Waals surface area contributed by atoms with Crippen molar-refractivity contribution in [2.24, 2.45) is 0 Å². The van der Waals surface area contributed by atoms with E-state index >= 15 is 0 Å². The summed E-state index contributed by atoms with van der Waals surface area (Å²) in [4.78, 5) is 29.5. The summed E-state index contributed by atoms with van der Waals surface area (Å²) in [7, 11) is 0. The molecule has 6 nitrogen and oxygen atoms in total. The van der Waals surface area contributed by atoms with Gasteiger partial charge < -0.3 is 16.0 Å². The maximum Gasteiger partial charge on any atom is 0.254 e. The van der Waals surface area contributed by atoms with Crippen LogP contribution in [0.1, 0.15) is 23.7 Å². The van der Waals surface area contributed by atoms with Crippen molar-refractivity contribution < 1.29 is 9.59 Å². The van der Waals surface area contributed by atoms with E-state index < -0.39 is 6.04 Å². The highest BCUT2D eigenvalue weighted by Crippen LogP contribution is 2.17. The molecule has 1 aromatic rings. The van der Waals surface area contributed by atoms with Crippen molar-refractivity contribution in [3.63, 3.8) is 0 Å². The van der Waals surface area contributed by atoms with Crippen LogP contribution >= 0.6 is 11.6 Å². The molecule has 0 aromatic carbocycles. The van der Waals surface area contributed by atoms with E-state index in [0.29, 0.717) is 25.1 Å². The summed E-state index contributed by atoms with van der Waals surface area (Å²) in [5.41, 5.74) is 5.93. The molecule has 1 atom stereocenters. The number of carbonyl (C=O) groups excluding carboxylic acids is 2. The lowest BCUT2D eigenvalue weighted by molar-refractivity contribution is -0.127. The third-order valence-electron chi connectivity index (χ3n) is 3.04. The molecule has 3 N–H and O–H groups in total. The summed E-state index contributed by atoms with van der Waals surface area (Å²) in [6.45, 7) is 2.79. The fourth-order valence-electron chi connectivity index (χ4n) is 2.17. The van der Waals surface area contributed by atoms with Crippen molar-refractivity contribution in [1.29, 1.82) is 0 Å². The zero-order valence-electron chi connectivity index (χ0n) is 10.5. The van der Waals surface area contributed by atoms with Crippen molar-refractivity contribution in [3.8, 4) is 0 Å². The fourth-order valence-corrected chi connectivity index (χ4v) is 2.39. The van der Waals surface area contributed by atoms with Gasteiger partial charge in [0.1, 0.15) is 17.0 Å². The Morgan fingerprint density at radius 2 is 2.37 bits per heavy atom. The number of nitrogens with one attached hydrogen (secondary N) is 1.